The standard InChI is InChI=1S/C21H20N2O4S/c1-26-15-9-14(10-16(11-15)27-2)23-18(24)12-28-21(23)17-7-3-5-13-6-4-8-22(19(13)17)20(21)25/h3,5,7,9-11H,4,6,8,12H2,1-2H3/t21-/m1/s1. The lowest BCUT2D eigenvalue weighted by atomic mass is 9.98. The third-order valence-electron chi connectivity index (χ3n) is 5.68. The van der Waals surface area contributed by atoms with Gasteiger partial charge in [-0.05, 0) is 18.4 Å². The van der Waals surface area contributed by atoms with Crippen LogP contribution in [-0.2, 0) is 20.9 Å². The van der Waals surface area contributed by atoms with Crippen LogP contribution in [0.3, 0.4) is 0 Å². The number of rotatable bonds is 3. The molecule has 1 spiro atoms. The third kappa shape index (κ3) is 2.16. The first kappa shape index (κ1) is 17.4. The van der Waals surface area contributed by atoms with Gasteiger partial charge in [0.25, 0.3) is 5.91 Å². The summed E-state index contributed by atoms with van der Waals surface area (Å²) in [5.41, 5.74) is 3.68. The van der Waals surface area contributed by atoms with E-state index in [0.29, 0.717) is 23.7 Å². The zero-order valence-corrected chi connectivity index (χ0v) is 16.5. The molecule has 28 heavy (non-hydrogen) atoms. The lowest BCUT2D eigenvalue weighted by Crippen LogP contribution is -2.50. The highest BCUT2D eigenvalue weighted by atomic mass is 32.2. The number of amides is 2. The van der Waals surface area contributed by atoms with Crippen molar-refractivity contribution < 1.29 is 19.1 Å². The second-order valence-electron chi connectivity index (χ2n) is 7.11. The molecule has 3 aliphatic heterocycles. The molecule has 5 rings (SSSR count). The van der Waals surface area contributed by atoms with Crippen molar-refractivity contribution in [3.8, 4) is 11.5 Å². The largest absolute Gasteiger partial charge is 0.497 e. The van der Waals surface area contributed by atoms with Crippen LogP contribution in [0, 0.1) is 0 Å². The molecule has 2 aromatic carbocycles. The Morgan fingerprint density at radius 1 is 1.07 bits per heavy atom. The van der Waals surface area contributed by atoms with Crippen LogP contribution in [-0.4, -0.2) is 38.3 Å². The molecule has 7 heteroatoms. The van der Waals surface area contributed by atoms with Gasteiger partial charge in [0.05, 0.1) is 31.3 Å². The van der Waals surface area contributed by atoms with Crippen molar-refractivity contribution in [1.29, 1.82) is 0 Å². The van der Waals surface area contributed by atoms with Crippen molar-refractivity contribution in [3.63, 3.8) is 0 Å². The van der Waals surface area contributed by atoms with Gasteiger partial charge in [0.2, 0.25) is 10.8 Å². The number of nitrogens with zero attached hydrogens (tertiary/aromatic N) is 2. The fourth-order valence-electron chi connectivity index (χ4n) is 4.50. The van der Waals surface area contributed by atoms with Gasteiger partial charge in [-0.1, -0.05) is 18.2 Å². The molecule has 3 heterocycles. The zero-order chi connectivity index (χ0) is 19.5. The lowest BCUT2D eigenvalue weighted by molar-refractivity contribution is -0.123. The Balaban J connectivity index is 1.74. The normalized spacial score (nSPS) is 22.8. The van der Waals surface area contributed by atoms with Crippen LogP contribution in [0.15, 0.2) is 36.4 Å². The van der Waals surface area contributed by atoms with E-state index in [1.807, 2.05) is 17.0 Å². The Hall–Kier alpha value is -2.67. The van der Waals surface area contributed by atoms with Crippen LogP contribution >= 0.6 is 11.8 Å². The summed E-state index contributed by atoms with van der Waals surface area (Å²) in [4.78, 5) is 29.2. The fraction of sp³-hybridized carbons (Fsp3) is 0.333. The average molecular weight is 396 g/mol. The predicted octanol–water partition coefficient (Wildman–Crippen LogP) is 2.93. The Morgan fingerprint density at radius 3 is 2.54 bits per heavy atom. The summed E-state index contributed by atoms with van der Waals surface area (Å²) in [6.07, 6.45) is 1.89. The van der Waals surface area contributed by atoms with Gasteiger partial charge in [-0.2, -0.15) is 0 Å². The molecule has 1 saturated heterocycles. The van der Waals surface area contributed by atoms with Crippen molar-refractivity contribution in [2.24, 2.45) is 0 Å². The first-order valence-electron chi connectivity index (χ1n) is 9.24. The Bertz CT molecular complexity index is 986. The molecule has 0 unspecified atom stereocenters. The van der Waals surface area contributed by atoms with Gasteiger partial charge in [-0.3, -0.25) is 14.5 Å². The molecule has 2 amide bonds. The van der Waals surface area contributed by atoms with Crippen LogP contribution in [0.2, 0.25) is 0 Å². The summed E-state index contributed by atoms with van der Waals surface area (Å²) in [5, 5.41) is 0. The van der Waals surface area contributed by atoms with E-state index in [-0.39, 0.29) is 17.6 Å². The number of aryl methyl sites for hydroxylation is 1. The first-order chi connectivity index (χ1) is 13.6. The number of para-hydroxylation sites is 1. The molecular weight excluding hydrogens is 376 g/mol. The third-order valence-corrected chi connectivity index (χ3v) is 7.07. The summed E-state index contributed by atoms with van der Waals surface area (Å²) in [6, 6.07) is 11.4. The summed E-state index contributed by atoms with van der Waals surface area (Å²) in [6.45, 7) is 0.689. The summed E-state index contributed by atoms with van der Waals surface area (Å²) in [7, 11) is 3.14. The van der Waals surface area contributed by atoms with Gasteiger partial charge in [-0.15, -0.1) is 11.8 Å². The number of fused-ring (bicyclic) bond motifs is 1. The van der Waals surface area contributed by atoms with Gasteiger partial charge >= 0.3 is 0 Å². The van der Waals surface area contributed by atoms with E-state index in [0.717, 1.165) is 24.1 Å². The van der Waals surface area contributed by atoms with Crippen LogP contribution in [0.5, 0.6) is 11.5 Å². The minimum Gasteiger partial charge on any atom is -0.497 e. The van der Waals surface area contributed by atoms with E-state index < -0.39 is 4.87 Å². The number of benzene rings is 2. The molecular formula is C21H20N2O4S. The minimum absolute atomic E-state index is 0.0349. The van der Waals surface area contributed by atoms with E-state index in [2.05, 4.69) is 6.07 Å². The highest BCUT2D eigenvalue weighted by Crippen LogP contribution is 2.57. The first-order valence-corrected chi connectivity index (χ1v) is 10.2. The van der Waals surface area contributed by atoms with Crippen LogP contribution < -0.4 is 19.3 Å². The Labute approximate surface area is 167 Å². The Morgan fingerprint density at radius 2 is 1.82 bits per heavy atom. The number of carbonyl (C=O) groups excluding carboxylic acids is 2. The maximum atomic E-state index is 13.7. The maximum Gasteiger partial charge on any atom is 0.268 e. The number of carbonyl (C=O) groups is 2. The molecule has 3 aliphatic rings. The fourth-order valence-corrected chi connectivity index (χ4v) is 5.85. The molecule has 0 aromatic heterocycles. The van der Waals surface area contributed by atoms with Crippen molar-refractivity contribution in [2.75, 3.05) is 36.3 Å². The average Bonchev–Trinajstić information content (AvgIpc) is 3.20. The molecule has 144 valence electrons. The summed E-state index contributed by atoms with van der Waals surface area (Å²) in [5.74, 6) is 1.28. The number of anilines is 2. The van der Waals surface area contributed by atoms with Gasteiger partial charge in [-0.25, -0.2) is 0 Å². The van der Waals surface area contributed by atoms with E-state index in [1.165, 1.54) is 17.3 Å². The predicted molar refractivity (Wildman–Crippen MR) is 108 cm³/mol. The molecule has 2 aromatic rings. The second kappa shape index (κ2) is 6.17. The number of hydrogen-bond donors (Lipinski definition) is 0. The van der Waals surface area contributed by atoms with Gasteiger partial charge in [0.1, 0.15) is 11.5 Å². The second-order valence-corrected chi connectivity index (χ2v) is 8.27. The summed E-state index contributed by atoms with van der Waals surface area (Å²) >= 11 is 1.40. The van der Waals surface area contributed by atoms with Crippen LogP contribution in [0.1, 0.15) is 17.5 Å². The molecule has 0 aliphatic carbocycles. The van der Waals surface area contributed by atoms with Gasteiger partial charge < -0.3 is 14.4 Å². The number of hydrogen-bond acceptors (Lipinski definition) is 5. The molecule has 1 atom stereocenters. The maximum absolute atomic E-state index is 13.7. The topological polar surface area (TPSA) is 59.1 Å². The van der Waals surface area contributed by atoms with Crippen molar-refractivity contribution in [2.45, 2.75) is 17.7 Å². The molecule has 0 N–H and O–H groups in total. The van der Waals surface area contributed by atoms with E-state index in [9.17, 15) is 9.59 Å². The van der Waals surface area contributed by atoms with Crippen LogP contribution in [0.25, 0.3) is 0 Å². The monoisotopic (exact) mass is 396 g/mol. The summed E-state index contributed by atoms with van der Waals surface area (Å²) < 4.78 is 10.8. The quantitative estimate of drug-likeness (QED) is 0.798. The molecule has 6 nitrogen and oxygen atoms in total. The van der Waals surface area contributed by atoms with E-state index in [4.69, 9.17) is 9.47 Å². The van der Waals surface area contributed by atoms with Gasteiger partial charge in [0.15, 0.2) is 0 Å². The lowest BCUT2D eigenvalue weighted by Gasteiger charge is -2.33. The highest BCUT2D eigenvalue weighted by molar-refractivity contribution is 8.02. The molecule has 0 bridgehead atoms. The number of thioether (sulfide) groups is 1. The molecule has 0 saturated carbocycles. The van der Waals surface area contributed by atoms with Crippen molar-refractivity contribution in [3.05, 3.63) is 47.5 Å². The van der Waals surface area contributed by atoms with Gasteiger partial charge in [0, 0.05) is 30.3 Å². The highest BCUT2D eigenvalue weighted by Gasteiger charge is 2.61. The molecule has 0 radical (unpaired) electrons. The number of methoxy groups -OCH3 is 2. The van der Waals surface area contributed by atoms with E-state index in [1.54, 1.807) is 37.3 Å². The van der Waals surface area contributed by atoms with Crippen LogP contribution in [0.4, 0.5) is 11.4 Å². The number of ether oxygens (including phenoxy) is 2. The SMILES string of the molecule is COc1cc(OC)cc(N2C(=O)CS[C@]23C(=O)N2CCCc4cccc3c42)c1. The molecule has 1 fully saturated rings. The Kier molecular flexibility index (Phi) is 3.84. The zero-order valence-electron chi connectivity index (χ0n) is 15.7. The van der Waals surface area contributed by atoms with Crippen molar-refractivity contribution in [1.82, 2.24) is 0 Å². The van der Waals surface area contributed by atoms with E-state index >= 15 is 0 Å². The smallest absolute Gasteiger partial charge is 0.268 e. The minimum atomic E-state index is -1.07. The van der Waals surface area contributed by atoms with Crippen molar-refractivity contribution >= 4 is 35.0 Å².